The first-order valence-electron chi connectivity index (χ1n) is 9.19. The Morgan fingerprint density at radius 3 is 2.65 bits per heavy atom. The number of carbonyl (C=O) groups is 2. The number of hydrogen-bond donors (Lipinski definition) is 3. The highest BCUT2D eigenvalue weighted by Gasteiger charge is 2.20. The van der Waals surface area contributed by atoms with Gasteiger partial charge in [-0.25, -0.2) is 5.06 Å². The van der Waals surface area contributed by atoms with Crippen LogP contribution >= 0.6 is 0 Å². The van der Waals surface area contributed by atoms with Crippen molar-refractivity contribution in [2.24, 2.45) is 5.92 Å². The van der Waals surface area contributed by atoms with Crippen molar-refractivity contribution < 1.29 is 14.8 Å². The van der Waals surface area contributed by atoms with Gasteiger partial charge < -0.3 is 4.57 Å². The predicted octanol–water partition coefficient (Wildman–Crippen LogP) is 2.14. The zero-order valence-corrected chi connectivity index (χ0v) is 15.6. The van der Waals surface area contributed by atoms with Gasteiger partial charge in [-0.05, 0) is 18.9 Å². The smallest absolute Gasteiger partial charge is 0.252 e. The van der Waals surface area contributed by atoms with Crippen molar-refractivity contribution >= 4 is 18.0 Å². The molecule has 0 aliphatic heterocycles. The van der Waals surface area contributed by atoms with E-state index in [0.717, 1.165) is 32.1 Å². The molecule has 1 aromatic rings. The SMILES string of the molecule is CCCCCC(CN(O)C=O)C(=O)NNc1ccn(CCCC)c(=O)c1. The first-order valence-corrected chi connectivity index (χ1v) is 9.19. The third kappa shape index (κ3) is 7.69. The summed E-state index contributed by atoms with van der Waals surface area (Å²) in [5.41, 5.74) is 5.63. The van der Waals surface area contributed by atoms with Gasteiger partial charge in [-0.1, -0.05) is 39.5 Å². The Balaban J connectivity index is 2.63. The predicted molar refractivity (Wildman–Crippen MR) is 99.6 cm³/mol. The third-order valence-electron chi connectivity index (χ3n) is 4.13. The van der Waals surface area contributed by atoms with E-state index < -0.39 is 5.92 Å². The lowest BCUT2D eigenvalue weighted by Crippen LogP contribution is -2.40. The van der Waals surface area contributed by atoms with Crippen LogP contribution in [-0.4, -0.2) is 33.7 Å². The molecule has 1 heterocycles. The minimum atomic E-state index is -0.533. The highest BCUT2D eigenvalue weighted by atomic mass is 16.5. The zero-order valence-electron chi connectivity index (χ0n) is 15.6. The molecule has 1 unspecified atom stereocenters. The minimum absolute atomic E-state index is 0.0701. The Bertz CT molecular complexity index is 617. The Morgan fingerprint density at radius 1 is 1.31 bits per heavy atom. The second kappa shape index (κ2) is 12.1. The van der Waals surface area contributed by atoms with Crippen molar-refractivity contribution in [3.63, 3.8) is 0 Å². The molecule has 0 aliphatic rings. The standard InChI is InChI=1S/C18H30N4O4/c1-3-5-7-8-15(13-22(26)14-23)18(25)20-19-16-9-11-21(10-6-4-2)17(24)12-16/h9,11-12,14-15,19,26H,3-8,10,13H2,1-2H3,(H,20,25). The largest absolute Gasteiger partial charge is 0.315 e. The van der Waals surface area contributed by atoms with Crippen molar-refractivity contribution in [1.82, 2.24) is 15.1 Å². The van der Waals surface area contributed by atoms with Crippen LogP contribution in [0.5, 0.6) is 0 Å². The monoisotopic (exact) mass is 366 g/mol. The normalized spacial score (nSPS) is 11.7. The summed E-state index contributed by atoms with van der Waals surface area (Å²) in [5.74, 6) is -0.869. The molecule has 0 aromatic carbocycles. The summed E-state index contributed by atoms with van der Waals surface area (Å²) >= 11 is 0. The van der Waals surface area contributed by atoms with Crippen LogP contribution in [0.3, 0.4) is 0 Å². The van der Waals surface area contributed by atoms with Crippen molar-refractivity contribution in [3.05, 3.63) is 28.7 Å². The first kappa shape index (κ1) is 21.7. The fourth-order valence-electron chi connectivity index (χ4n) is 2.55. The van der Waals surface area contributed by atoms with Crippen molar-refractivity contribution in [2.75, 3.05) is 12.0 Å². The Kier molecular flexibility index (Phi) is 10.1. The molecule has 8 nitrogen and oxygen atoms in total. The maximum atomic E-state index is 12.3. The Labute approximate surface area is 154 Å². The molecule has 0 saturated heterocycles. The summed E-state index contributed by atoms with van der Waals surface area (Å²) in [5, 5.41) is 9.85. The fourth-order valence-corrected chi connectivity index (χ4v) is 2.55. The van der Waals surface area contributed by atoms with E-state index in [1.165, 1.54) is 6.07 Å². The summed E-state index contributed by atoms with van der Waals surface area (Å²) in [6, 6.07) is 3.14. The molecule has 0 spiro atoms. The second-order valence-electron chi connectivity index (χ2n) is 6.34. The number of amides is 2. The fraction of sp³-hybridized carbons (Fsp3) is 0.611. The van der Waals surface area contributed by atoms with Crippen LogP contribution in [0.15, 0.2) is 23.1 Å². The first-order chi connectivity index (χ1) is 12.5. The van der Waals surface area contributed by atoms with E-state index in [1.807, 2.05) is 0 Å². The van der Waals surface area contributed by atoms with Gasteiger partial charge in [0.25, 0.3) is 5.56 Å². The number of nitrogens with one attached hydrogen (secondary N) is 2. The molecule has 0 radical (unpaired) electrons. The highest BCUT2D eigenvalue weighted by Crippen LogP contribution is 2.12. The number of hydrogen-bond acceptors (Lipinski definition) is 5. The molecule has 3 N–H and O–H groups in total. The molecule has 1 atom stereocenters. The highest BCUT2D eigenvalue weighted by molar-refractivity contribution is 5.80. The van der Waals surface area contributed by atoms with Crippen LogP contribution in [-0.2, 0) is 16.1 Å². The van der Waals surface area contributed by atoms with Gasteiger partial charge >= 0.3 is 0 Å². The van der Waals surface area contributed by atoms with Crippen LogP contribution < -0.4 is 16.4 Å². The number of rotatable bonds is 13. The van der Waals surface area contributed by atoms with E-state index in [-0.39, 0.29) is 24.4 Å². The van der Waals surface area contributed by atoms with Crippen LogP contribution in [0.4, 0.5) is 5.69 Å². The quantitative estimate of drug-likeness (QED) is 0.215. The van der Waals surface area contributed by atoms with Gasteiger partial charge in [-0.2, -0.15) is 0 Å². The number of aromatic nitrogens is 1. The average molecular weight is 366 g/mol. The van der Waals surface area contributed by atoms with Crippen LogP contribution in [0, 0.1) is 5.92 Å². The number of hydroxylamine groups is 2. The molecule has 1 aromatic heterocycles. The molecule has 26 heavy (non-hydrogen) atoms. The topological polar surface area (TPSA) is 104 Å². The molecule has 146 valence electrons. The lowest BCUT2D eigenvalue weighted by molar-refractivity contribution is -0.154. The molecule has 8 heteroatoms. The summed E-state index contributed by atoms with van der Waals surface area (Å²) in [6.07, 6.45) is 7.27. The summed E-state index contributed by atoms with van der Waals surface area (Å²) < 4.78 is 1.62. The summed E-state index contributed by atoms with van der Waals surface area (Å²) in [6.45, 7) is 4.72. The third-order valence-corrected chi connectivity index (χ3v) is 4.13. The number of pyridine rings is 1. The molecule has 0 aliphatic carbocycles. The van der Waals surface area contributed by atoms with E-state index in [2.05, 4.69) is 24.7 Å². The van der Waals surface area contributed by atoms with Gasteiger partial charge in [0.05, 0.1) is 18.2 Å². The second-order valence-corrected chi connectivity index (χ2v) is 6.34. The number of aryl methyl sites for hydroxylation is 1. The van der Waals surface area contributed by atoms with Crippen molar-refractivity contribution in [2.45, 2.75) is 58.9 Å². The molecular weight excluding hydrogens is 336 g/mol. The number of hydrazine groups is 1. The molecule has 0 fully saturated rings. The maximum Gasteiger partial charge on any atom is 0.252 e. The van der Waals surface area contributed by atoms with Crippen LogP contribution in [0.1, 0.15) is 52.4 Å². The van der Waals surface area contributed by atoms with Gasteiger partial charge in [0, 0.05) is 18.8 Å². The Morgan fingerprint density at radius 2 is 2.04 bits per heavy atom. The average Bonchev–Trinajstić information content (AvgIpc) is 2.64. The van der Waals surface area contributed by atoms with Gasteiger partial charge in [0.15, 0.2) is 0 Å². The minimum Gasteiger partial charge on any atom is -0.315 e. The van der Waals surface area contributed by atoms with E-state index in [0.29, 0.717) is 23.7 Å². The lowest BCUT2D eigenvalue weighted by Gasteiger charge is -2.20. The van der Waals surface area contributed by atoms with E-state index in [4.69, 9.17) is 0 Å². The summed E-state index contributed by atoms with van der Waals surface area (Å²) in [4.78, 5) is 35.0. The molecule has 1 rings (SSSR count). The molecular formula is C18H30N4O4. The Hall–Kier alpha value is -2.35. The number of carbonyl (C=O) groups excluding carboxylic acids is 2. The lowest BCUT2D eigenvalue weighted by atomic mass is 10.0. The van der Waals surface area contributed by atoms with Gasteiger partial charge in [-0.3, -0.25) is 30.4 Å². The van der Waals surface area contributed by atoms with Gasteiger partial charge in [-0.15, -0.1) is 0 Å². The van der Waals surface area contributed by atoms with Crippen molar-refractivity contribution in [1.29, 1.82) is 0 Å². The number of anilines is 1. The maximum absolute atomic E-state index is 12.3. The van der Waals surface area contributed by atoms with E-state index in [9.17, 15) is 19.6 Å². The number of unbranched alkanes of at least 4 members (excludes halogenated alkanes) is 3. The summed E-state index contributed by atoms with van der Waals surface area (Å²) in [7, 11) is 0. The van der Waals surface area contributed by atoms with Gasteiger partial charge in [0.2, 0.25) is 12.3 Å². The van der Waals surface area contributed by atoms with E-state index >= 15 is 0 Å². The van der Waals surface area contributed by atoms with E-state index in [1.54, 1.807) is 16.8 Å². The molecule has 0 bridgehead atoms. The number of nitrogens with zero attached hydrogens (tertiary/aromatic N) is 2. The van der Waals surface area contributed by atoms with Crippen LogP contribution in [0.2, 0.25) is 0 Å². The molecule has 2 amide bonds. The van der Waals surface area contributed by atoms with Gasteiger partial charge in [0.1, 0.15) is 0 Å². The van der Waals surface area contributed by atoms with Crippen LogP contribution in [0.25, 0.3) is 0 Å². The van der Waals surface area contributed by atoms with Crippen molar-refractivity contribution in [3.8, 4) is 0 Å². The molecule has 0 saturated carbocycles. The zero-order chi connectivity index (χ0) is 19.4.